The van der Waals surface area contributed by atoms with E-state index in [-0.39, 0.29) is 17.7 Å². The standard InChI is InChI=1S/C12H15N3O2/c13-11(15-17)10(8-4-2-1-3-5-8)14-12(16)9-6-7-9/h1-5,9-10,17H,6-7H2,(H2,13,15)(H,14,16). The molecule has 0 saturated heterocycles. The van der Waals surface area contributed by atoms with Crippen molar-refractivity contribution in [1.29, 1.82) is 0 Å². The Morgan fingerprint density at radius 3 is 2.59 bits per heavy atom. The molecule has 0 heterocycles. The Hall–Kier alpha value is -2.04. The van der Waals surface area contributed by atoms with E-state index in [4.69, 9.17) is 10.9 Å². The summed E-state index contributed by atoms with van der Waals surface area (Å²) in [6.07, 6.45) is 1.84. The zero-order chi connectivity index (χ0) is 12.3. The number of benzene rings is 1. The minimum atomic E-state index is -0.561. The highest BCUT2D eigenvalue weighted by molar-refractivity contribution is 5.92. The maximum Gasteiger partial charge on any atom is 0.223 e. The average Bonchev–Trinajstić information content (AvgIpc) is 3.20. The van der Waals surface area contributed by atoms with E-state index in [0.717, 1.165) is 18.4 Å². The lowest BCUT2D eigenvalue weighted by atomic mass is 10.1. The van der Waals surface area contributed by atoms with E-state index in [9.17, 15) is 4.79 Å². The van der Waals surface area contributed by atoms with Gasteiger partial charge in [-0.3, -0.25) is 4.79 Å². The predicted molar refractivity (Wildman–Crippen MR) is 63.5 cm³/mol. The molecule has 0 bridgehead atoms. The molecule has 1 aromatic rings. The van der Waals surface area contributed by atoms with Crippen LogP contribution in [0.2, 0.25) is 0 Å². The first kappa shape index (κ1) is 11.4. The van der Waals surface area contributed by atoms with Crippen LogP contribution in [0.1, 0.15) is 24.4 Å². The molecule has 1 amide bonds. The highest BCUT2D eigenvalue weighted by Crippen LogP contribution is 2.29. The molecule has 17 heavy (non-hydrogen) atoms. The average molecular weight is 233 g/mol. The van der Waals surface area contributed by atoms with E-state index in [0.29, 0.717) is 0 Å². The van der Waals surface area contributed by atoms with E-state index >= 15 is 0 Å². The lowest BCUT2D eigenvalue weighted by Crippen LogP contribution is -2.38. The monoisotopic (exact) mass is 233 g/mol. The quantitative estimate of drug-likeness (QED) is 0.314. The number of carbonyl (C=O) groups is 1. The number of nitrogens with zero attached hydrogens (tertiary/aromatic N) is 1. The second-order valence-electron chi connectivity index (χ2n) is 4.15. The Labute approximate surface area is 99.3 Å². The second-order valence-corrected chi connectivity index (χ2v) is 4.15. The molecule has 90 valence electrons. The third kappa shape index (κ3) is 2.75. The lowest BCUT2D eigenvalue weighted by Gasteiger charge is -2.17. The molecule has 1 aliphatic rings. The number of nitrogens with two attached hydrogens (primary N) is 1. The number of hydrogen-bond acceptors (Lipinski definition) is 3. The first-order valence-corrected chi connectivity index (χ1v) is 5.55. The summed E-state index contributed by atoms with van der Waals surface area (Å²) in [5.41, 5.74) is 6.41. The van der Waals surface area contributed by atoms with Crippen LogP contribution in [0.3, 0.4) is 0 Å². The molecule has 1 aliphatic carbocycles. The Morgan fingerprint density at radius 2 is 2.06 bits per heavy atom. The highest BCUT2D eigenvalue weighted by Gasteiger charge is 2.32. The normalized spacial score (nSPS) is 17.5. The Morgan fingerprint density at radius 1 is 1.41 bits per heavy atom. The van der Waals surface area contributed by atoms with Gasteiger partial charge in [-0.25, -0.2) is 0 Å². The van der Waals surface area contributed by atoms with Gasteiger partial charge in [0.25, 0.3) is 0 Å². The van der Waals surface area contributed by atoms with Gasteiger partial charge in [0.2, 0.25) is 5.91 Å². The molecular formula is C12H15N3O2. The van der Waals surface area contributed by atoms with Crippen molar-refractivity contribution in [3.63, 3.8) is 0 Å². The van der Waals surface area contributed by atoms with Crippen molar-refractivity contribution in [3.8, 4) is 0 Å². The molecule has 1 unspecified atom stereocenters. The fraction of sp³-hybridized carbons (Fsp3) is 0.333. The van der Waals surface area contributed by atoms with Crippen LogP contribution in [0, 0.1) is 5.92 Å². The van der Waals surface area contributed by atoms with Crippen molar-refractivity contribution in [2.75, 3.05) is 0 Å². The van der Waals surface area contributed by atoms with Crippen LogP contribution in [0.4, 0.5) is 0 Å². The Kier molecular flexibility index (Phi) is 3.27. The van der Waals surface area contributed by atoms with Gasteiger partial charge < -0.3 is 16.3 Å². The fourth-order valence-corrected chi connectivity index (χ4v) is 1.64. The van der Waals surface area contributed by atoms with Gasteiger partial charge in [0.15, 0.2) is 5.84 Å². The summed E-state index contributed by atoms with van der Waals surface area (Å²) in [5, 5.41) is 14.5. The van der Waals surface area contributed by atoms with Crippen LogP contribution < -0.4 is 11.1 Å². The first-order chi connectivity index (χ1) is 8.22. The topological polar surface area (TPSA) is 87.7 Å². The molecule has 2 rings (SSSR count). The smallest absolute Gasteiger partial charge is 0.223 e. The summed E-state index contributed by atoms with van der Waals surface area (Å²) in [7, 11) is 0. The van der Waals surface area contributed by atoms with Crippen LogP contribution in [0.15, 0.2) is 35.5 Å². The minimum Gasteiger partial charge on any atom is -0.409 e. The van der Waals surface area contributed by atoms with Crippen LogP contribution in [-0.2, 0) is 4.79 Å². The Bertz CT molecular complexity index is 427. The van der Waals surface area contributed by atoms with Crippen molar-refractivity contribution in [2.45, 2.75) is 18.9 Å². The lowest BCUT2D eigenvalue weighted by molar-refractivity contribution is -0.122. The molecule has 1 fully saturated rings. The first-order valence-electron chi connectivity index (χ1n) is 5.55. The van der Waals surface area contributed by atoms with Gasteiger partial charge in [0, 0.05) is 5.92 Å². The van der Waals surface area contributed by atoms with Crippen molar-refractivity contribution < 1.29 is 10.0 Å². The zero-order valence-electron chi connectivity index (χ0n) is 9.34. The molecule has 1 saturated carbocycles. The SMILES string of the molecule is N/C(=N\O)C(NC(=O)C1CC1)c1ccccc1. The summed E-state index contributed by atoms with van der Waals surface area (Å²) in [6, 6.07) is 8.66. The van der Waals surface area contributed by atoms with E-state index in [2.05, 4.69) is 10.5 Å². The van der Waals surface area contributed by atoms with E-state index in [1.54, 1.807) is 0 Å². The van der Waals surface area contributed by atoms with Crippen LogP contribution in [0.5, 0.6) is 0 Å². The predicted octanol–water partition coefficient (Wildman–Crippen LogP) is 1.00. The summed E-state index contributed by atoms with van der Waals surface area (Å²) in [6.45, 7) is 0. The number of rotatable bonds is 4. The number of oxime groups is 1. The van der Waals surface area contributed by atoms with Gasteiger partial charge in [-0.1, -0.05) is 35.5 Å². The molecule has 5 heteroatoms. The molecule has 0 aliphatic heterocycles. The molecule has 1 aromatic carbocycles. The largest absolute Gasteiger partial charge is 0.409 e. The maximum absolute atomic E-state index is 11.7. The summed E-state index contributed by atoms with van der Waals surface area (Å²) < 4.78 is 0. The third-order valence-corrected chi connectivity index (χ3v) is 2.78. The maximum atomic E-state index is 11.7. The van der Waals surface area contributed by atoms with Gasteiger partial charge in [0.1, 0.15) is 6.04 Å². The van der Waals surface area contributed by atoms with E-state index in [1.807, 2.05) is 30.3 Å². The van der Waals surface area contributed by atoms with Crippen LogP contribution in [-0.4, -0.2) is 17.0 Å². The second kappa shape index (κ2) is 4.86. The van der Waals surface area contributed by atoms with Crippen LogP contribution in [0.25, 0.3) is 0 Å². The Balaban J connectivity index is 2.16. The summed E-state index contributed by atoms with van der Waals surface area (Å²) in [4.78, 5) is 11.7. The van der Waals surface area contributed by atoms with E-state index < -0.39 is 6.04 Å². The molecule has 0 spiro atoms. The number of hydrogen-bond donors (Lipinski definition) is 3. The molecule has 0 aromatic heterocycles. The number of carbonyl (C=O) groups excluding carboxylic acids is 1. The number of nitrogens with one attached hydrogen (secondary N) is 1. The number of amidine groups is 1. The van der Waals surface area contributed by atoms with Gasteiger partial charge in [-0.05, 0) is 18.4 Å². The van der Waals surface area contributed by atoms with E-state index in [1.165, 1.54) is 0 Å². The van der Waals surface area contributed by atoms with Crippen LogP contribution >= 0.6 is 0 Å². The van der Waals surface area contributed by atoms with Crippen molar-refractivity contribution in [2.24, 2.45) is 16.8 Å². The fourth-order valence-electron chi connectivity index (χ4n) is 1.64. The van der Waals surface area contributed by atoms with Gasteiger partial charge in [0.05, 0.1) is 0 Å². The summed E-state index contributed by atoms with van der Waals surface area (Å²) in [5.74, 6) is 0.0448. The van der Waals surface area contributed by atoms with Crippen molar-refractivity contribution in [3.05, 3.63) is 35.9 Å². The molecule has 1 atom stereocenters. The van der Waals surface area contributed by atoms with Gasteiger partial charge >= 0.3 is 0 Å². The van der Waals surface area contributed by atoms with Gasteiger partial charge in [-0.15, -0.1) is 0 Å². The zero-order valence-corrected chi connectivity index (χ0v) is 9.34. The molecule has 5 nitrogen and oxygen atoms in total. The minimum absolute atomic E-state index is 0.00907. The third-order valence-electron chi connectivity index (χ3n) is 2.78. The molecular weight excluding hydrogens is 218 g/mol. The summed E-state index contributed by atoms with van der Waals surface area (Å²) >= 11 is 0. The highest BCUT2D eigenvalue weighted by atomic mass is 16.4. The van der Waals surface area contributed by atoms with Crippen molar-refractivity contribution >= 4 is 11.7 Å². The molecule has 0 radical (unpaired) electrons. The van der Waals surface area contributed by atoms with Crippen molar-refractivity contribution in [1.82, 2.24) is 5.32 Å². The molecule has 4 N–H and O–H groups in total. The van der Waals surface area contributed by atoms with Gasteiger partial charge in [-0.2, -0.15) is 0 Å². The number of amides is 1.